The number of nitrogens with zero attached hydrogens (tertiary/aromatic N) is 7. The molecule has 0 aliphatic carbocycles. The van der Waals surface area contributed by atoms with E-state index in [1.807, 2.05) is 29.2 Å². The minimum atomic E-state index is 0.00234. The highest BCUT2D eigenvalue weighted by Crippen LogP contribution is 2.30. The van der Waals surface area contributed by atoms with E-state index in [1.54, 1.807) is 30.1 Å². The number of benzene rings is 2. The van der Waals surface area contributed by atoms with E-state index in [0.717, 1.165) is 29.7 Å². The van der Waals surface area contributed by atoms with Crippen LogP contribution in [-0.2, 0) is 11.3 Å². The van der Waals surface area contributed by atoms with Crippen molar-refractivity contribution in [1.82, 2.24) is 14.7 Å². The monoisotopic (exact) mass is 425 g/mol. The second-order valence-electron chi connectivity index (χ2n) is 6.92. The Morgan fingerprint density at radius 3 is 2.77 bits per heavy atom. The van der Waals surface area contributed by atoms with Gasteiger partial charge in [-0.3, -0.25) is 9.48 Å². The fraction of sp³-hybridized carbons (Fsp3) is 0.300. The Kier molecular flexibility index (Phi) is 5.65. The summed E-state index contributed by atoms with van der Waals surface area (Å²) in [6.45, 7) is 2.81. The molecule has 1 aliphatic rings. The second-order valence-corrected chi connectivity index (χ2v) is 7.33. The van der Waals surface area contributed by atoms with Gasteiger partial charge in [-0.2, -0.15) is 5.10 Å². The highest BCUT2D eigenvalue weighted by Gasteiger charge is 2.22. The molecular formula is C20H20ClN7O2. The van der Waals surface area contributed by atoms with Gasteiger partial charge in [-0.05, 0) is 23.7 Å². The van der Waals surface area contributed by atoms with Gasteiger partial charge in [-0.15, -0.1) is 0 Å². The Balaban J connectivity index is 1.42. The van der Waals surface area contributed by atoms with Crippen LogP contribution >= 0.6 is 11.6 Å². The summed E-state index contributed by atoms with van der Waals surface area (Å²) in [5.74, 6) is 0.640. The van der Waals surface area contributed by atoms with Gasteiger partial charge in [-0.25, -0.2) is 0 Å². The van der Waals surface area contributed by atoms with Gasteiger partial charge in [0.2, 0.25) is 5.91 Å². The number of aromatic nitrogens is 2. The van der Waals surface area contributed by atoms with Crippen molar-refractivity contribution < 1.29 is 9.53 Å². The van der Waals surface area contributed by atoms with Crippen molar-refractivity contribution in [2.24, 2.45) is 5.11 Å². The van der Waals surface area contributed by atoms with Gasteiger partial charge in [0.25, 0.3) is 0 Å². The molecule has 1 saturated heterocycles. The first kappa shape index (κ1) is 19.9. The number of rotatable bonds is 5. The van der Waals surface area contributed by atoms with Crippen LogP contribution in [0.3, 0.4) is 0 Å². The van der Waals surface area contributed by atoms with Gasteiger partial charge < -0.3 is 14.5 Å². The summed E-state index contributed by atoms with van der Waals surface area (Å²) >= 11 is 6.11. The lowest BCUT2D eigenvalue weighted by molar-refractivity contribution is -0.132. The predicted octanol–water partition coefficient (Wildman–Crippen LogP) is 3.99. The molecule has 3 aromatic rings. The first-order valence-corrected chi connectivity index (χ1v) is 9.84. The third-order valence-electron chi connectivity index (χ3n) is 5.21. The van der Waals surface area contributed by atoms with Gasteiger partial charge in [-0.1, -0.05) is 28.8 Å². The molecule has 0 saturated carbocycles. The quantitative estimate of drug-likeness (QED) is 0.350. The van der Waals surface area contributed by atoms with E-state index in [4.69, 9.17) is 21.9 Å². The van der Waals surface area contributed by atoms with Crippen molar-refractivity contribution >= 4 is 39.8 Å². The lowest BCUT2D eigenvalue weighted by Crippen LogP contribution is -2.49. The largest absolute Gasteiger partial charge is 0.495 e. The number of carbonyl (C=O) groups excluding carboxylic acids is 1. The molecule has 1 amide bonds. The van der Waals surface area contributed by atoms with E-state index in [9.17, 15) is 4.79 Å². The SMILES string of the molecule is COc1cc(N2CCN(C(=O)Cn3ncc4ccc(N=[N+]=[N-])cc43)CC2)ccc1Cl. The van der Waals surface area contributed by atoms with Crippen molar-refractivity contribution in [1.29, 1.82) is 0 Å². The van der Waals surface area contributed by atoms with Gasteiger partial charge in [0.15, 0.2) is 0 Å². The number of amides is 1. The Bertz CT molecular complexity index is 1130. The third-order valence-corrected chi connectivity index (χ3v) is 5.52. The molecule has 1 aromatic heterocycles. The first-order valence-electron chi connectivity index (χ1n) is 9.46. The summed E-state index contributed by atoms with van der Waals surface area (Å²) in [6, 6.07) is 11.0. The van der Waals surface area contributed by atoms with Crippen molar-refractivity contribution in [3.63, 3.8) is 0 Å². The Labute approximate surface area is 178 Å². The van der Waals surface area contributed by atoms with Gasteiger partial charge in [0, 0.05) is 53.9 Å². The Morgan fingerprint density at radius 2 is 2.03 bits per heavy atom. The number of fused-ring (bicyclic) bond motifs is 1. The molecule has 0 unspecified atom stereocenters. The number of methoxy groups -OCH3 is 1. The number of piperazine rings is 1. The molecule has 0 spiro atoms. The number of halogens is 1. The fourth-order valence-corrected chi connectivity index (χ4v) is 3.78. The molecule has 2 heterocycles. The van der Waals surface area contributed by atoms with Crippen LogP contribution in [0.2, 0.25) is 5.02 Å². The van der Waals surface area contributed by atoms with Gasteiger partial charge in [0.1, 0.15) is 12.3 Å². The van der Waals surface area contributed by atoms with E-state index in [2.05, 4.69) is 20.0 Å². The maximum atomic E-state index is 12.8. The van der Waals surface area contributed by atoms with Crippen LogP contribution in [0.1, 0.15) is 0 Å². The van der Waals surface area contributed by atoms with Crippen LogP contribution in [0.25, 0.3) is 21.3 Å². The van der Waals surface area contributed by atoms with Crippen molar-refractivity contribution in [3.05, 3.63) is 58.1 Å². The number of hydrogen-bond acceptors (Lipinski definition) is 5. The average molecular weight is 426 g/mol. The molecule has 0 bridgehead atoms. The number of ether oxygens (including phenoxy) is 1. The second kappa shape index (κ2) is 8.52. The summed E-state index contributed by atoms with van der Waals surface area (Å²) in [6.07, 6.45) is 1.70. The topological polar surface area (TPSA) is 99.4 Å². The molecule has 1 fully saturated rings. The standard InChI is InChI=1S/C20H20ClN7O2/c1-30-19-11-16(4-5-17(19)21)26-6-8-27(9-7-26)20(29)13-28-18-10-15(24-25-22)3-2-14(18)12-23-28/h2-5,10-12H,6-9,13H2,1H3. The van der Waals surface area contributed by atoms with E-state index < -0.39 is 0 Å². The van der Waals surface area contributed by atoms with Crippen molar-refractivity contribution in [2.75, 3.05) is 38.2 Å². The summed E-state index contributed by atoms with van der Waals surface area (Å²) in [5.41, 5.74) is 10.9. The zero-order chi connectivity index (χ0) is 21.1. The molecule has 0 N–H and O–H groups in total. The number of azide groups is 1. The average Bonchev–Trinajstić information content (AvgIpc) is 3.16. The number of anilines is 1. The molecule has 1 aliphatic heterocycles. The highest BCUT2D eigenvalue weighted by molar-refractivity contribution is 6.32. The maximum absolute atomic E-state index is 12.8. The third kappa shape index (κ3) is 3.98. The van der Waals surface area contributed by atoms with Crippen molar-refractivity contribution in [2.45, 2.75) is 6.54 Å². The van der Waals surface area contributed by atoms with Crippen LogP contribution in [0, 0.1) is 0 Å². The summed E-state index contributed by atoms with van der Waals surface area (Å²) in [4.78, 5) is 19.7. The lowest BCUT2D eigenvalue weighted by Gasteiger charge is -2.36. The molecule has 10 heteroatoms. The molecule has 0 radical (unpaired) electrons. The van der Waals surface area contributed by atoms with Gasteiger partial charge in [0.05, 0.1) is 23.8 Å². The minimum Gasteiger partial charge on any atom is -0.495 e. The van der Waals surface area contributed by atoms with E-state index >= 15 is 0 Å². The molecule has 9 nitrogen and oxygen atoms in total. The summed E-state index contributed by atoms with van der Waals surface area (Å²) in [5, 5.41) is 9.41. The zero-order valence-electron chi connectivity index (χ0n) is 16.4. The number of carbonyl (C=O) groups is 1. The normalized spacial score (nSPS) is 13.9. The van der Waals surface area contributed by atoms with E-state index in [0.29, 0.717) is 29.5 Å². The maximum Gasteiger partial charge on any atom is 0.244 e. The smallest absolute Gasteiger partial charge is 0.244 e. The van der Waals surface area contributed by atoms with Crippen LogP contribution in [0.15, 0.2) is 47.7 Å². The first-order chi connectivity index (χ1) is 14.6. The fourth-order valence-electron chi connectivity index (χ4n) is 3.59. The molecular weight excluding hydrogens is 406 g/mol. The van der Waals surface area contributed by atoms with Crippen LogP contribution in [0.5, 0.6) is 5.75 Å². The molecule has 4 rings (SSSR count). The number of hydrogen-bond donors (Lipinski definition) is 0. The minimum absolute atomic E-state index is 0.00234. The Morgan fingerprint density at radius 1 is 1.23 bits per heavy atom. The zero-order valence-corrected chi connectivity index (χ0v) is 17.2. The summed E-state index contributed by atoms with van der Waals surface area (Å²) < 4.78 is 6.94. The van der Waals surface area contributed by atoms with E-state index in [1.165, 1.54) is 0 Å². The van der Waals surface area contributed by atoms with Crippen LogP contribution in [-0.4, -0.2) is 53.9 Å². The summed E-state index contributed by atoms with van der Waals surface area (Å²) in [7, 11) is 1.59. The molecule has 2 aromatic carbocycles. The lowest BCUT2D eigenvalue weighted by atomic mass is 10.2. The molecule has 0 atom stereocenters. The predicted molar refractivity (Wildman–Crippen MR) is 115 cm³/mol. The van der Waals surface area contributed by atoms with E-state index in [-0.39, 0.29) is 12.5 Å². The highest BCUT2D eigenvalue weighted by atomic mass is 35.5. The molecule has 154 valence electrons. The van der Waals surface area contributed by atoms with Gasteiger partial charge >= 0.3 is 0 Å². The van der Waals surface area contributed by atoms with Crippen molar-refractivity contribution in [3.8, 4) is 5.75 Å². The van der Waals surface area contributed by atoms with Crippen LogP contribution < -0.4 is 9.64 Å². The molecule has 30 heavy (non-hydrogen) atoms. The van der Waals surface area contributed by atoms with Crippen LogP contribution in [0.4, 0.5) is 11.4 Å². The Hall–Kier alpha value is -3.42.